The van der Waals surface area contributed by atoms with E-state index in [2.05, 4.69) is 45.4 Å². The van der Waals surface area contributed by atoms with Crippen molar-refractivity contribution < 1.29 is 4.74 Å². The molecule has 0 fully saturated rings. The van der Waals surface area contributed by atoms with Crippen molar-refractivity contribution in [3.63, 3.8) is 0 Å². The highest BCUT2D eigenvalue weighted by Crippen LogP contribution is 2.39. The number of fused-ring (bicyclic) bond motifs is 1. The zero-order chi connectivity index (χ0) is 20.5. The summed E-state index contributed by atoms with van der Waals surface area (Å²) < 4.78 is 7.72. The standard InChI is InChI=1S/C24H25N5O/c1-30-22-12-17(16-6-3-2-4-7-16)10-11-19(22)20-8-5-9-21-23(20)24(25)28-29(21)14-18-13-26-15-27-18/h5-6,8-13,15H,2-4,7,14H2,1H3,(H2,25,28)(H,26,27). The summed E-state index contributed by atoms with van der Waals surface area (Å²) in [6, 6.07) is 12.7. The minimum atomic E-state index is 0.515. The lowest BCUT2D eigenvalue weighted by Gasteiger charge is -2.16. The van der Waals surface area contributed by atoms with Crippen LogP contribution in [0.5, 0.6) is 5.75 Å². The van der Waals surface area contributed by atoms with Gasteiger partial charge in [0.2, 0.25) is 0 Å². The Bertz CT molecular complexity index is 1220. The van der Waals surface area contributed by atoms with Gasteiger partial charge in [-0.3, -0.25) is 4.68 Å². The van der Waals surface area contributed by atoms with Crippen LogP contribution in [0.25, 0.3) is 27.6 Å². The Kier molecular flexibility index (Phi) is 4.75. The van der Waals surface area contributed by atoms with E-state index < -0.39 is 0 Å². The van der Waals surface area contributed by atoms with Gasteiger partial charge in [-0.15, -0.1) is 0 Å². The molecule has 2 aromatic carbocycles. The van der Waals surface area contributed by atoms with Gasteiger partial charge in [0, 0.05) is 11.8 Å². The van der Waals surface area contributed by atoms with Crippen LogP contribution in [0.2, 0.25) is 0 Å². The molecule has 2 aromatic heterocycles. The molecule has 0 saturated carbocycles. The molecule has 0 amide bonds. The number of nitrogens with one attached hydrogen (secondary N) is 1. The molecule has 4 aromatic rings. The van der Waals surface area contributed by atoms with E-state index >= 15 is 0 Å². The van der Waals surface area contributed by atoms with Gasteiger partial charge in [-0.2, -0.15) is 5.10 Å². The van der Waals surface area contributed by atoms with E-state index in [0.717, 1.165) is 46.3 Å². The molecule has 0 atom stereocenters. The first-order valence-electron chi connectivity index (χ1n) is 10.3. The highest BCUT2D eigenvalue weighted by Gasteiger charge is 2.17. The van der Waals surface area contributed by atoms with E-state index in [0.29, 0.717) is 12.4 Å². The topological polar surface area (TPSA) is 81.8 Å². The summed E-state index contributed by atoms with van der Waals surface area (Å²) in [5, 5.41) is 5.54. The monoisotopic (exact) mass is 399 g/mol. The second-order valence-electron chi connectivity index (χ2n) is 7.71. The number of hydrogen-bond acceptors (Lipinski definition) is 4. The van der Waals surface area contributed by atoms with E-state index in [1.807, 2.05) is 16.8 Å². The van der Waals surface area contributed by atoms with Crippen LogP contribution in [0.1, 0.15) is 36.9 Å². The Morgan fingerprint density at radius 1 is 1.17 bits per heavy atom. The maximum Gasteiger partial charge on any atom is 0.154 e. The molecule has 0 radical (unpaired) electrons. The highest BCUT2D eigenvalue weighted by molar-refractivity contribution is 6.03. The number of aromatic nitrogens is 4. The number of methoxy groups -OCH3 is 1. The van der Waals surface area contributed by atoms with Crippen molar-refractivity contribution in [1.29, 1.82) is 0 Å². The van der Waals surface area contributed by atoms with Crippen LogP contribution in [0.4, 0.5) is 5.82 Å². The number of benzene rings is 2. The molecule has 0 bridgehead atoms. The van der Waals surface area contributed by atoms with Gasteiger partial charge in [-0.25, -0.2) is 4.98 Å². The Morgan fingerprint density at radius 2 is 2.10 bits per heavy atom. The van der Waals surface area contributed by atoms with E-state index in [1.165, 1.54) is 24.0 Å². The fourth-order valence-electron chi connectivity index (χ4n) is 4.35. The number of ether oxygens (including phenoxy) is 1. The predicted octanol–water partition coefficient (Wildman–Crippen LogP) is 5.02. The average Bonchev–Trinajstić information content (AvgIpc) is 3.42. The molecule has 0 unspecified atom stereocenters. The summed E-state index contributed by atoms with van der Waals surface area (Å²) in [5.74, 6) is 1.37. The molecule has 0 saturated heterocycles. The normalized spacial score (nSPS) is 14.1. The largest absolute Gasteiger partial charge is 0.496 e. The van der Waals surface area contributed by atoms with Crippen LogP contribution in [-0.2, 0) is 6.54 Å². The minimum Gasteiger partial charge on any atom is -0.496 e. The summed E-state index contributed by atoms with van der Waals surface area (Å²) >= 11 is 0. The molecule has 1 aliphatic carbocycles. The second-order valence-corrected chi connectivity index (χ2v) is 7.71. The van der Waals surface area contributed by atoms with Gasteiger partial charge in [0.05, 0.1) is 36.6 Å². The Balaban J connectivity index is 1.61. The third kappa shape index (κ3) is 3.24. The van der Waals surface area contributed by atoms with Crippen LogP contribution >= 0.6 is 0 Å². The SMILES string of the molecule is COc1cc(C2=CCCCC2)ccc1-c1cccc2c1c(N)nn2Cc1cnc[nH]1. The highest BCUT2D eigenvalue weighted by atomic mass is 16.5. The maximum atomic E-state index is 6.37. The predicted molar refractivity (Wildman–Crippen MR) is 120 cm³/mol. The summed E-state index contributed by atoms with van der Waals surface area (Å²) in [4.78, 5) is 7.21. The van der Waals surface area contributed by atoms with Crippen molar-refractivity contribution in [3.8, 4) is 16.9 Å². The van der Waals surface area contributed by atoms with E-state index in [4.69, 9.17) is 10.5 Å². The second kappa shape index (κ2) is 7.71. The first-order chi connectivity index (χ1) is 14.7. The molecule has 3 N–H and O–H groups in total. The number of allylic oxidation sites excluding steroid dienone is 2. The van der Waals surface area contributed by atoms with E-state index in [9.17, 15) is 0 Å². The van der Waals surface area contributed by atoms with Crippen molar-refractivity contribution >= 4 is 22.3 Å². The lowest BCUT2D eigenvalue weighted by Crippen LogP contribution is -2.02. The number of nitrogens with two attached hydrogens (primary N) is 1. The minimum absolute atomic E-state index is 0.515. The molecule has 0 aliphatic heterocycles. The number of anilines is 1. The molecular formula is C24H25N5O. The van der Waals surface area contributed by atoms with Crippen LogP contribution in [0.3, 0.4) is 0 Å². The number of rotatable bonds is 5. The van der Waals surface area contributed by atoms with Gasteiger partial charge in [0.1, 0.15) is 5.75 Å². The smallest absolute Gasteiger partial charge is 0.154 e. The third-order valence-corrected chi connectivity index (χ3v) is 5.83. The first-order valence-corrected chi connectivity index (χ1v) is 10.3. The number of hydrogen-bond donors (Lipinski definition) is 2. The molecule has 1 aliphatic rings. The molecule has 6 heteroatoms. The molecule has 5 rings (SSSR count). The lowest BCUT2D eigenvalue weighted by atomic mass is 9.91. The number of nitrogen functional groups attached to an aromatic ring is 1. The molecular weight excluding hydrogens is 374 g/mol. The molecule has 0 spiro atoms. The number of nitrogens with zero attached hydrogens (tertiary/aromatic N) is 3. The third-order valence-electron chi connectivity index (χ3n) is 5.83. The van der Waals surface area contributed by atoms with Crippen molar-refractivity contribution in [2.75, 3.05) is 12.8 Å². The summed E-state index contributed by atoms with van der Waals surface area (Å²) in [5.41, 5.74) is 13.0. The average molecular weight is 399 g/mol. The Labute approximate surface area is 175 Å². The molecule has 30 heavy (non-hydrogen) atoms. The Morgan fingerprint density at radius 3 is 2.87 bits per heavy atom. The first kappa shape index (κ1) is 18.5. The summed E-state index contributed by atoms with van der Waals surface area (Å²) in [6.45, 7) is 0.585. The van der Waals surface area contributed by atoms with Crippen molar-refractivity contribution in [3.05, 3.63) is 66.3 Å². The van der Waals surface area contributed by atoms with Crippen molar-refractivity contribution in [2.45, 2.75) is 32.2 Å². The summed E-state index contributed by atoms with van der Waals surface area (Å²) in [7, 11) is 1.73. The van der Waals surface area contributed by atoms with Crippen LogP contribution in [-0.4, -0.2) is 26.9 Å². The zero-order valence-electron chi connectivity index (χ0n) is 17.1. The maximum absolute atomic E-state index is 6.37. The number of imidazole rings is 1. The van der Waals surface area contributed by atoms with Gasteiger partial charge in [-0.05, 0) is 54.5 Å². The molecule has 6 nitrogen and oxygen atoms in total. The van der Waals surface area contributed by atoms with Gasteiger partial charge >= 0.3 is 0 Å². The van der Waals surface area contributed by atoms with Gasteiger partial charge in [0.15, 0.2) is 5.82 Å². The fourth-order valence-corrected chi connectivity index (χ4v) is 4.35. The fraction of sp³-hybridized carbons (Fsp3) is 0.250. The zero-order valence-corrected chi connectivity index (χ0v) is 17.1. The molecule has 2 heterocycles. The van der Waals surface area contributed by atoms with Gasteiger partial charge in [0.25, 0.3) is 0 Å². The van der Waals surface area contributed by atoms with Crippen LogP contribution < -0.4 is 10.5 Å². The van der Waals surface area contributed by atoms with E-state index in [1.54, 1.807) is 19.6 Å². The Hall–Kier alpha value is -3.54. The van der Waals surface area contributed by atoms with Gasteiger partial charge < -0.3 is 15.5 Å². The quantitative estimate of drug-likeness (QED) is 0.493. The van der Waals surface area contributed by atoms with Crippen molar-refractivity contribution in [1.82, 2.24) is 19.7 Å². The lowest BCUT2D eigenvalue weighted by molar-refractivity contribution is 0.416. The number of H-pyrrole nitrogens is 1. The molecule has 152 valence electrons. The van der Waals surface area contributed by atoms with Crippen LogP contribution in [0, 0.1) is 0 Å². The van der Waals surface area contributed by atoms with Crippen LogP contribution in [0.15, 0.2) is 55.0 Å². The van der Waals surface area contributed by atoms with Gasteiger partial charge in [-0.1, -0.05) is 30.3 Å². The van der Waals surface area contributed by atoms with E-state index in [-0.39, 0.29) is 0 Å². The number of aromatic amines is 1. The summed E-state index contributed by atoms with van der Waals surface area (Å²) in [6.07, 6.45) is 10.6. The van der Waals surface area contributed by atoms with Crippen molar-refractivity contribution in [2.24, 2.45) is 0 Å².